The lowest BCUT2D eigenvalue weighted by Gasteiger charge is -2.25. The second-order valence-corrected chi connectivity index (χ2v) is 3.77. The summed E-state index contributed by atoms with van der Waals surface area (Å²) in [5, 5.41) is 2.54. The monoisotopic (exact) mass is 168 g/mol. The third-order valence-electron chi connectivity index (χ3n) is 1.58. The zero-order chi connectivity index (χ0) is 9.78. The molecule has 68 valence electrons. The van der Waals surface area contributed by atoms with Gasteiger partial charge >= 0.3 is 0 Å². The lowest BCUT2D eigenvalue weighted by molar-refractivity contribution is -0.124. The molecule has 1 atom stereocenters. The molecule has 0 bridgehead atoms. The first-order valence-corrected chi connectivity index (χ1v) is 3.86. The molecule has 1 amide bonds. The molecular formula is C9H16N2O. The van der Waals surface area contributed by atoms with E-state index in [-0.39, 0.29) is 17.9 Å². The van der Waals surface area contributed by atoms with E-state index in [4.69, 9.17) is 12.2 Å². The van der Waals surface area contributed by atoms with Crippen LogP contribution in [0.4, 0.5) is 0 Å². The number of amides is 1. The van der Waals surface area contributed by atoms with Gasteiger partial charge in [0.2, 0.25) is 5.91 Å². The molecule has 12 heavy (non-hydrogen) atoms. The Labute approximate surface area is 73.7 Å². The highest BCUT2D eigenvalue weighted by molar-refractivity contribution is 5.82. The van der Waals surface area contributed by atoms with Crippen LogP contribution in [0.2, 0.25) is 0 Å². The van der Waals surface area contributed by atoms with Crippen LogP contribution in [0.15, 0.2) is 0 Å². The first-order chi connectivity index (χ1) is 5.39. The number of hydrogen-bond donors (Lipinski definition) is 2. The molecular weight excluding hydrogens is 152 g/mol. The highest BCUT2D eigenvalue weighted by Crippen LogP contribution is 2.16. The van der Waals surface area contributed by atoms with Gasteiger partial charge in [-0.25, -0.2) is 0 Å². The van der Waals surface area contributed by atoms with Gasteiger partial charge in [0.15, 0.2) is 0 Å². The minimum atomic E-state index is -0.508. The zero-order valence-electron chi connectivity index (χ0n) is 7.85. The third kappa shape index (κ3) is 3.40. The summed E-state index contributed by atoms with van der Waals surface area (Å²) in [4.78, 5) is 11.2. The second-order valence-electron chi connectivity index (χ2n) is 3.77. The summed E-state index contributed by atoms with van der Waals surface area (Å²) in [5.74, 6) is 2.12. The standard InChI is InChI=1S/C9H16N2O/c1-5-6-11-8(12)7(10)9(2,3)4/h1,7H,6,10H2,2-4H3,(H,11,12)/t7-/m1/s1. The fourth-order valence-corrected chi connectivity index (χ4v) is 0.641. The van der Waals surface area contributed by atoms with Crippen molar-refractivity contribution in [3.63, 3.8) is 0 Å². The van der Waals surface area contributed by atoms with Gasteiger partial charge in [-0.15, -0.1) is 6.42 Å². The highest BCUT2D eigenvalue weighted by atomic mass is 16.2. The second kappa shape index (κ2) is 4.13. The van der Waals surface area contributed by atoms with Crippen LogP contribution in [-0.4, -0.2) is 18.5 Å². The van der Waals surface area contributed by atoms with Crippen molar-refractivity contribution in [2.45, 2.75) is 26.8 Å². The van der Waals surface area contributed by atoms with Crippen LogP contribution in [0.3, 0.4) is 0 Å². The summed E-state index contributed by atoms with van der Waals surface area (Å²) in [7, 11) is 0. The lowest BCUT2D eigenvalue weighted by atomic mass is 9.87. The quantitative estimate of drug-likeness (QED) is 0.575. The molecule has 0 aliphatic rings. The molecule has 0 aromatic heterocycles. The van der Waals surface area contributed by atoms with Crippen LogP contribution in [-0.2, 0) is 4.79 Å². The molecule has 3 heteroatoms. The summed E-state index contributed by atoms with van der Waals surface area (Å²) in [6, 6.07) is -0.508. The minimum Gasteiger partial charge on any atom is -0.344 e. The van der Waals surface area contributed by atoms with E-state index >= 15 is 0 Å². The largest absolute Gasteiger partial charge is 0.344 e. The maximum atomic E-state index is 11.2. The molecule has 0 fully saturated rings. The summed E-state index contributed by atoms with van der Waals surface area (Å²) >= 11 is 0. The van der Waals surface area contributed by atoms with E-state index in [1.807, 2.05) is 20.8 Å². The van der Waals surface area contributed by atoms with Crippen LogP contribution < -0.4 is 11.1 Å². The summed E-state index contributed by atoms with van der Waals surface area (Å²) in [6.07, 6.45) is 4.98. The van der Waals surface area contributed by atoms with Crippen LogP contribution >= 0.6 is 0 Å². The van der Waals surface area contributed by atoms with Gasteiger partial charge in [0.05, 0.1) is 12.6 Å². The minimum absolute atomic E-state index is 0.194. The number of hydrogen-bond acceptors (Lipinski definition) is 2. The average molecular weight is 168 g/mol. The van der Waals surface area contributed by atoms with Gasteiger partial charge in [-0.2, -0.15) is 0 Å². The number of nitrogens with one attached hydrogen (secondary N) is 1. The van der Waals surface area contributed by atoms with E-state index in [0.29, 0.717) is 0 Å². The topological polar surface area (TPSA) is 55.1 Å². The van der Waals surface area contributed by atoms with E-state index in [1.165, 1.54) is 0 Å². The van der Waals surface area contributed by atoms with Crippen molar-refractivity contribution in [2.75, 3.05) is 6.54 Å². The van der Waals surface area contributed by atoms with Crippen LogP contribution in [0.1, 0.15) is 20.8 Å². The van der Waals surface area contributed by atoms with E-state index in [1.54, 1.807) is 0 Å². The van der Waals surface area contributed by atoms with Crippen LogP contribution in [0.25, 0.3) is 0 Å². The number of carbonyl (C=O) groups excluding carboxylic acids is 1. The summed E-state index contributed by atoms with van der Waals surface area (Å²) in [6.45, 7) is 5.97. The van der Waals surface area contributed by atoms with Gasteiger partial charge in [0, 0.05) is 0 Å². The predicted octanol–water partition coefficient (Wildman–Crippen LogP) is 0.109. The molecule has 0 saturated heterocycles. The van der Waals surface area contributed by atoms with Crippen molar-refractivity contribution in [3.05, 3.63) is 0 Å². The molecule has 0 spiro atoms. The fraction of sp³-hybridized carbons (Fsp3) is 0.667. The molecule has 0 aromatic rings. The van der Waals surface area contributed by atoms with E-state index in [0.717, 1.165) is 0 Å². The Hall–Kier alpha value is -1.01. The molecule has 0 rings (SSSR count). The Morgan fingerprint density at radius 1 is 1.67 bits per heavy atom. The average Bonchev–Trinajstić information content (AvgIpc) is 1.97. The molecule has 0 radical (unpaired) electrons. The highest BCUT2D eigenvalue weighted by Gasteiger charge is 2.26. The zero-order valence-corrected chi connectivity index (χ0v) is 7.85. The van der Waals surface area contributed by atoms with Crippen LogP contribution in [0.5, 0.6) is 0 Å². The fourth-order valence-electron chi connectivity index (χ4n) is 0.641. The van der Waals surface area contributed by atoms with E-state index < -0.39 is 6.04 Å². The number of nitrogens with two attached hydrogens (primary N) is 1. The Morgan fingerprint density at radius 3 is 2.50 bits per heavy atom. The summed E-state index contributed by atoms with van der Waals surface area (Å²) in [5.41, 5.74) is 5.43. The van der Waals surface area contributed by atoms with Crippen molar-refractivity contribution >= 4 is 5.91 Å². The van der Waals surface area contributed by atoms with Crippen molar-refractivity contribution in [1.82, 2.24) is 5.32 Å². The van der Waals surface area contributed by atoms with Gasteiger partial charge in [-0.3, -0.25) is 4.79 Å². The van der Waals surface area contributed by atoms with Gasteiger partial charge in [-0.1, -0.05) is 26.7 Å². The Morgan fingerprint density at radius 2 is 2.17 bits per heavy atom. The predicted molar refractivity (Wildman–Crippen MR) is 49.3 cm³/mol. The number of carbonyl (C=O) groups is 1. The number of terminal acetylenes is 1. The Balaban J connectivity index is 4.04. The molecule has 0 unspecified atom stereocenters. The lowest BCUT2D eigenvalue weighted by Crippen LogP contribution is -2.48. The Bertz CT molecular complexity index is 198. The van der Waals surface area contributed by atoms with Crippen molar-refractivity contribution in [3.8, 4) is 12.3 Å². The van der Waals surface area contributed by atoms with Crippen molar-refractivity contribution in [2.24, 2.45) is 11.1 Å². The molecule has 0 heterocycles. The maximum Gasteiger partial charge on any atom is 0.238 e. The molecule has 0 aliphatic heterocycles. The first kappa shape index (κ1) is 11.0. The van der Waals surface area contributed by atoms with E-state index in [9.17, 15) is 4.79 Å². The molecule has 0 saturated carbocycles. The van der Waals surface area contributed by atoms with Gasteiger partial charge in [-0.05, 0) is 5.41 Å². The molecule has 0 aromatic carbocycles. The van der Waals surface area contributed by atoms with Crippen molar-refractivity contribution in [1.29, 1.82) is 0 Å². The molecule has 3 nitrogen and oxygen atoms in total. The van der Waals surface area contributed by atoms with Gasteiger partial charge < -0.3 is 11.1 Å². The first-order valence-electron chi connectivity index (χ1n) is 3.86. The van der Waals surface area contributed by atoms with E-state index in [2.05, 4.69) is 11.2 Å². The van der Waals surface area contributed by atoms with Gasteiger partial charge in [0.1, 0.15) is 0 Å². The summed E-state index contributed by atoms with van der Waals surface area (Å²) < 4.78 is 0. The normalized spacial score (nSPS) is 13.2. The third-order valence-corrected chi connectivity index (χ3v) is 1.58. The van der Waals surface area contributed by atoms with Crippen molar-refractivity contribution < 1.29 is 4.79 Å². The smallest absolute Gasteiger partial charge is 0.238 e. The SMILES string of the molecule is C#CCNC(=O)[C@@H](N)C(C)(C)C. The molecule has 3 N–H and O–H groups in total. The number of rotatable bonds is 2. The maximum absolute atomic E-state index is 11.2. The molecule has 0 aliphatic carbocycles. The van der Waals surface area contributed by atoms with Crippen LogP contribution in [0, 0.1) is 17.8 Å². The Kier molecular flexibility index (Phi) is 3.78. The van der Waals surface area contributed by atoms with Gasteiger partial charge in [0.25, 0.3) is 0 Å².